The average Bonchev–Trinajstić information content (AvgIpc) is 2.94. The molecule has 0 aliphatic carbocycles. The molecule has 25 heavy (non-hydrogen) atoms. The maximum Gasteiger partial charge on any atom is 0.270 e. The van der Waals surface area contributed by atoms with Crippen LogP contribution in [0.25, 0.3) is 0 Å². The second-order valence-corrected chi connectivity index (χ2v) is 5.61. The first-order valence-electron chi connectivity index (χ1n) is 7.91. The highest BCUT2D eigenvalue weighted by Gasteiger charge is 2.29. The van der Waals surface area contributed by atoms with Gasteiger partial charge in [0, 0.05) is 38.2 Å². The summed E-state index contributed by atoms with van der Waals surface area (Å²) in [6, 6.07) is 3.75. The topological polar surface area (TPSA) is 62.0 Å². The maximum atomic E-state index is 13.3. The smallest absolute Gasteiger partial charge is 0.270 e. The van der Waals surface area contributed by atoms with Gasteiger partial charge in [0.15, 0.2) is 0 Å². The molecule has 1 aliphatic rings. The summed E-state index contributed by atoms with van der Waals surface area (Å²) >= 11 is 0. The monoisotopic (exact) mass is 343 g/mol. The molecular weight excluding hydrogens is 323 g/mol. The average molecular weight is 343 g/mol. The third-order valence-electron chi connectivity index (χ3n) is 3.81. The highest BCUT2D eigenvalue weighted by Crippen LogP contribution is 2.23. The van der Waals surface area contributed by atoms with Crippen LogP contribution in [0, 0.1) is 0 Å². The van der Waals surface area contributed by atoms with Crippen LogP contribution in [0.3, 0.4) is 0 Å². The summed E-state index contributed by atoms with van der Waals surface area (Å²) < 4.78 is 26.5. The van der Waals surface area contributed by atoms with Gasteiger partial charge in [-0.1, -0.05) is 12.9 Å². The molecule has 0 atom stereocenters. The van der Waals surface area contributed by atoms with E-state index in [1.165, 1.54) is 24.6 Å². The van der Waals surface area contributed by atoms with Crippen molar-refractivity contribution in [2.75, 3.05) is 12.4 Å². The lowest BCUT2D eigenvalue weighted by Gasteiger charge is -2.10. The van der Waals surface area contributed by atoms with Gasteiger partial charge < -0.3 is 5.32 Å². The molecule has 0 fully saturated rings. The first-order valence-corrected chi connectivity index (χ1v) is 7.91. The van der Waals surface area contributed by atoms with Crippen LogP contribution in [0.15, 0.2) is 57.4 Å². The molecule has 1 aliphatic heterocycles. The number of hydrogen-bond acceptors (Lipinski definition) is 5. The lowest BCUT2D eigenvalue weighted by atomic mass is 9.44. The predicted octanol–water partition coefficient (Wildman–Crippen LogP) is 3.67. The minimum atomic E-state index is -2.89. The molecule has 0 saturated heterocycles. The van der Waals surface area contributed by atoms with Crippen LogP contribution in [0.5, 0.6) is 0 Å². The van der Waals surface area contributed by atoms with Crippen molar-refractivity contribution >= 4 is 29.8 Å². The van der Waals surface area contributed by atoms with Crippen molar-refractivity contribution < 1.29 is 8.78 Å². The van der Waals surface area contributed by atoms with Gasteiger partial charge in [0.1, 0.15) is 5.69 Å². The molecule has 0 saturated carbocycles. The molecule has 0 amide bonds. The second-order valence-electron chi connectivity index (χ2n) is 5.61. The largest absolute Gasteiger partial charge is 0.386 e. The Morgan fingerprint density at radius 3 is 2.76 bits per heavy atom. The maximum absolute atomic E-state index is 13.3. The molecule has 0 aromatic carbocycles. The van der Waals surface area contributed by atoms with E-state index in [0.29, 0.717) is 5.61 Å². The van der Waals surface area contributed by atoms with E-state index in [1.54, 1.807) is 13.1 Å². The first-order chi connectivity index (χ1) is 11.9. The first kappa shape index (κ1) is 18.7. The van der Waals surface area contributed by atoms with Crippen molar-refractivity contribution in [3.8, 4) is 0 Å². The fourth-order valence-corrected chi connectivity index (χ4v) is 2.36. The number of aromatic nitrogens is 1. The van der Waals surface area contributed by atoms with Crippen LogP contribution in [0.4, 0.5) is 14.5 Å². The highest BCUT2D eigenvalue weighted by molar-refractivity contribution is 7.19. The van der Waals surface area contributed by atoms with Gasteiger partial charge in [-0.15, -0.1) is 0 Å². The fourth-order valence-electron chi connectivity index (χ4n) is 2.36. The Kier molecular flexibility index (Phi) is 5.95. The van der Waals surface area contributed by atoms with Crippen molar-refractivity contribution in [3.05, 3.63) is 47.9 Å². The molecule has 1 aromatic rings. The van der Waals surface area contributed by atoms with Gasteiger partial charge in [-0.05, 0) is 25.1 Å². The minimum absolute atomic E-state index is 0.0878. The number of alkyl halides is 2. The van der Waals surface area contributed by atoms with Crippen LogP contribution in [-0.2, 0) is 0 Å². The van der Waals surface area contributed by atoms with E-state index >= 15 is 0 Å². The van der Waals surface area contributed by atoms with Crippen molar-refractivity contribution in [2.45, 2.75) is 26.6 Å². The molecule has 0 unspecified atom stereocenters. The Balaban J connectivity index is 2.08. The van der Waals surface area contributed by atoms with Gasteiger partial charge in [-0.3, -0.25) is 9.98 Å². The zero-order valence-corrected chi connectivity index (χ0v) is 14.7. The number of halogens is 2. The van der Waals surface area contributed by atoms with Crippen LogP contribution in [-0.4, -0.2) is 42.1 Å². The molecule has 130 valence electrons. The van der Waals surface area contributed by atoms with E-state index in [0.717, 1.165) is 23.9 Å². The van der Waals surface area contributed by atoms with Crippen LogP contribution in [0.2, 0.25) is 6.82 Å². The molecule has 1 N–H and O–H groups in total. The summed E-state index contributed by atoms with van der Waals surface area (Å²) in [4.78, 5) is 8.41. The molecule has 8 heteroatoms. The van der Waals surface area contributed by atoms with Crippen LogP contribution in [0.1, 0.15) is 19.5 Å². The Labute approximate surface area is 146 Å². The summed E-state index contributed by atoms with van der Waals surface area (Å²) in [5, 5.41) is 11.4. The number of aliphatic imine (C=N–C) groups is 1. The second kappa shape index (κ2) is 7.96. The predicted molar refractivity (Wildman–Crippen MR) is 101 cm³/mol. The molecule has 0 radical (unpaired) electrons. The van der Waals surface area contributed by atoms with Gasteiger partial charge in [0.25, 0.3) is 12.6 Å². The zero-order valence-electron chi connectivity index (χ0n) is 14.7. The van der Waals surface area contributed by atoms with Crippen LogP contribution < -0.4 is 5.32 Å². The van der Waals surface area contributed by atoms with Crippen molar-refractivity contribution in [3.63, 3.8) is 0 Å². The van der Waals surface area contributed by atoms with Crippen molar-refractivity contribution in [1.82, 2.24) is 4.98 Å². The number of rotatable bonds is 6. The Morgan fingerprint density at radius 1 is 1.36 bits per heavy atom. The summed E-state index contributed by atoms with van der Waals surface area (Å²) in [6.07, 6.45) is 7.21. The number of anilines is 1. The third-order valence-corrected chi connectivity index (χ3v) is 3.81. The number of pyridine rings is 1. The number of hydrogen-bond donors (Lipinski definition) is 1. The van der Waals surface area contributed by atoms with Gasteiger partial charge in [-0.2, -0.15) is 10.2 Å². The van der Waals surface area contributed by atoms with Crippen molar-refractivity contribution in [2.24, 2.45) is 15.2 Å². The van der Waals surface area contributed by atoms with E-state index in [9.17, 15) is 8.78 Å². The van der Waals surface area contributed by atoms with Gasteiger partial charge in [0.2, 0.25) is 0 Å². The van der Waals surface area contributed by atoms with Crippen molar-refractivity contribution in [1.29, 1.82) is 0 Å². The Morgan fingerprint density at radius 2 is 2.12 bits per heavy atom. The molecular formula is C17H20BF2N5. The molecule has 2 heterocycles. The van der Waals surface area contributed by atoms with E-state index in [1.807, 2.05) is 26.0 Å². The zero-order chi connectivity index (χ0) is 18.4. The number of allylic oxidation sites excluding steroid dienone is 3. The highest BCUT2D eigenvalue weighted by atomic mass is 19.3. The van der Waals surface area contributed by atoms with E-state index in [4.69, 9.17) is 0 Å². The van der Waals surface area contributed by atoms with E-state index in [2.05, 4.69) is 25.5 Å². The Bertz CT molecular complexity index is 775. The van der Waals surface area contributed by atoms with Gasteiger partial charge in [-0.25, -0.2) is 8.78 Å². The lowest BCUT2D eigenvalue weighted by Crippen LogP contribution is -2.31. The summed E-state index contributed by atoms with van der Waals surface area (Å²) in [5.41, 5.74) is 2.91. The lowest BCUT2D eigenvalue weighted by molar-refractivity contribution is 0.0673. The molecule has 2 rings (SSSR count). The summed E-state index contributed by atoms with van der Waals surface area (Å²) in [7, 11) is 1.82. The minimum Gasteiger partial charge on any atom is -0.386 e. The summed E-state index contributed by atoms with van der Waals surface area (Å²) in [5.74, 6) is -2.89. The third kappa shape index (κ3) is 4.46. The van der Waals surface area contributed by atoms with Gasteiger partial charge in [0.05, 0.1) is 16.9 Å². The normalized spacial score (nSPS) is 15.9. The summed E-state index contributed by atoms with van der Waals surface area (Å²) in [6.45, 7) is 4.28. The SMILES string of the molecule is C\C=C(/C=C\N=C\C1=NN=C(c2ncccc2NC)B1C)C(C)(F)F. The molecule has 0 spiro atoms. The number of nitrogens with zero attached hydrogens (tertiary/aromatic N) is 4. The van der Waals surface area contributed by atoms with E-state index in [-0.39, 0.29) is 12.3 Å². The fraction of sp³-hybridized carbons (Fsp3) is 0.294. The van der Waals surface area contributed by atoms with Crippen LogP contribution >= 0.6 is 0 Å². The van der Waals surface area contributed by atoms with E-state index < -0.39 is 5.92 Å². The number of nitrogens with one attached hydrogen (secondary N) is 1. The quantitative estimate of drug-likeness (QED) is 0.487. The molecule has 1 aromatic heterocycles. The molecule has 5 nitrogen and oxygen atoms in total. The van der Waals surface area contributed by atoms with Gasteiger partial charge >= 0.3 is 0 Å². The standard InChI is InChI=1S/C17H20BF2N5/c1-5-12(17(2,19)20)8-10-22-11-14-18(3)16(25-24-14)15-13(21-4)7-6-9-23-15/h5-11,21H,1-4H3/b10-8-,12-5+,22-11+. The Hall–Kier alpha value is -2.64. The molecule has 0 bridgehead atoms.